The molecule has 0 aromatic heterocycles. The first kappa shape index (κ1) is 16.7. The molecule has 0 aliphatic carbocycles. The highest BCUT2D eigenvalue weighted by molar-refractivity contribution is 9.11. The molecule has 0 fully saturated rings. The molecule has 2 aromatic rings. The third kappa shape index (κ3) is 4.18. The van der Waals surface area contributed by atoms with Gasteiger partial charge in [-0.25, -0.2) is 0 Å². The van der Waals surface area contributed by atoms with E-state index in [-0.39, 0.29) is 5.78 Å². The lowest BCUT2D eigenvalue weighted by Gasteiger charge is -2.09. The highest BCUT2D eigenvalue weighted by Crippen LogP contribution is 2.29. The standard InChI is InChI=1S/C16H13Br3O2/c1-2-7-21-15-6-3-10(8-14(15)19)16(20)12-5-4-11(17)9-13(12)18/h3-6,8-9H,2,7H2,1H3. The second-order valence-corrected chi connectivity index (χ2v) is 7.07. The van der Waals surface area contributed by atoms with Crippen molar-refractivity contribution in [2.75, 3.05) is 6.61 Å². The van der Waals surface area contributed by atoms with Crippen molar-refractivity contribution in [1.29, 1.82) is 0 Å². The average Bonchev–Trinajstić information content (AvgIpc) is 2.45. The van der Waals surface area contributed by atoms with Crippen molar-refractivity contribution in [2.24, 2.45) is 0 Å². The zero-order valence-electron chi connectivity index (χ0n) is 11.3. The van der Waals surface area contributed by atoms with Gasteiger partial charge in [-0.15, -0.1) is 0 Å². The minimum Gasteiger partial charge on any atom is -0.492 e. The lowest BCUT2D eigenvalue weighted by atomic mass is 10.0. The Bertz CT molecular complexity index is 669. The first-order chi connectivity index (χ1) is 10.0. The second-order valence-electron chi connectivity index (χ2n) is 4.45. The van der Waals surface area contributed by atoms with Crippen LogP contribution in [0, 0.1) is 0 Å². The normalized spacial score (nSPS) is 10.5. The van der Waals surface area contributed by atoms with E-state index in [0.29, 0.717) is 17.7 Å². The van der Waals surface area contributed by atoms with Crippen LogP contribution in [-0.4, -0.2) is 12.4 Å². The third-order valence-electron chi connectivity index (χ3n) is 2.83. The van der Waals surface area contributed by atoms with E-state index in [1.54, 1.807) is 18.2 Å². The minimum atomic E-state index is -0.0304. The number of rotatable bonds is 5. The zero-order chi connectivity index (χ0) is 15.4. The van der Waals surface area contributed by atoms with Gasteiger partial charge in [0.15, 0.2) is 5.78 Å². The number of ketones is 1. The van der Waals surface area contributed by atoms with Gasteiger partial charge in [-0.1, -0.05) is 22.9 Å². The molecule has 0 spiro atoms. The Morgan fingerprint density at radius 2 is 1.81 bits per heavy atom. The van der Waals surface area contributed by atoms with Crippen LogP contribution in [0.25, 0.3) is 0 Å². The molecule has 2 rings (SSSR count). The summed E-state index contributed by atoms with van der Waals surface area (Å²) in [5, 5.41) is 0. The number of carbonyl (C=O) groups excluding carboxylic acids is 1. The van der Waals surface area contributed by atoms with Crippen LogP contribution in [0.15, 0.2) is 49.8 Å². The molecular weight excluding hydrogens is 464 g/mol. The molecule has 110 valence electrons. The van der Waals surface area contributed by atoms with Crippen LogP contribution >= 0.6 is 47.8 Å². The summed E-state index contributed by atoms with van der Waals surface area (Å²) in [4.78, 5) is 12.5. The van der Waals surface area contributed by atoms with Gasteiger partial charge < -0.3 is 4.74 Å². The van der Waals surface area contributed by atoms with Gasteiger partial charge in [-0.05, 0) is 74.7 Å². The summed E-state index contributed by atoms with van der Waals surface area (Å²) < 4.78 is 8.07. The molecule has 0 saturated carbocycles. The number of halogens is 3. The van der Waals surface area contributed by atoms with Crippen LogP contribution in [-0.2, 0) is 0 Å². The Hall–Kier alpha value is -0.650. The number of hydrogen-bond acceptors (Lipinski definition) is 2. The van der Waals surface area contributed by atoms with Gasteiger partial charge >= 0.3 is 0 Å². The Morgan fingerprint density at radius 1 is 1.05 bits per heavy atom. The molecule has 0 atom stereocenters. The van der Waals surface area contributed by atoms with E-state index in [1.165, 1.54) is 0 Å². The van der Waals surface area contributed by atoms with E-state index in [2.05, 4.69) is 54.7 Å². The highest BCUT2D eigenvalue weighted by Gasteiger charge is 2.14. The van der Waals surface area contributed by atoms with E-state index < -0.39 is 0 Å². The van der Waals surface area contributed by atoms with Gasteiger partial charge in [0.1, 0.15) is 5.75 Å². The maximum absolute atomic E-state index is 12.5. The molecule has 2 aromatic carbocycles. The summed E-state index contributed by atoms with van der Waals surface area (Å²) in [6, 6.07) is 10.9. The fourth-order valence-corrected chi connectivity index (χ4v) is 3.52. The molecule has 0 heterocycles. The summed E-state index contributed by atoms with van der Waals surface area (Å²) in [6.45, 7) is 2.71. The van der Waals surface area contributed by atoms with Crippen LogP contribution in [0.3, 0.4) is 0 Å². The number of carbonyl (C=O) groups is 1. The molecule has 0 bridgehead atoms. The van der Waals surface area contributed by atoms with Crippen molar-refractivity contribution in [2.45, 2.75) is 13.3 Å². The molecule has 0 aliphatic rings. The van der Waals surface area contributed by atoms with Gasteiger partial charge in [-0.2, -0.15) is 0 Å². The molecule has 0 unspecified atom stereocenters. The van der Waals surface area contributed by atoms with E-state index in [9.17, 15) is 4.79 Å². The first-order valence-corrected chi connectivity index (χ1v) is 8.83. The maximum atomic E-state index is 12.5. The van der Waals surface area contributed by atoms with Crippen molar-refractivity contribution in [1.82, 2.24) is 0 Å². The number of benzene rings is 2. The van der Waals surface area contributed by atoms with Crippen LogP contribution < -0.4 is 4.74 Å². The smallest absolute Gasteiger partial charge is 0.194 e. The molecule has 0 amide bonds. The second kappa shape index (κ2) is 7.56. The molecule has 2 nitrogen and oxygen atoms in total. The Morgan fingerprint density at radius 3 is 2.43 bits per heavy atom. The Balaban J connectivity index is 2.29. The summed E-state index contributed by atoms with van der Waals surface area (Å²) in [7, 11) is 0. The van der Waals surface area contributed by atoms with E-state index in [1.807, 2.05) is 18.2 Å². The lowest BCUT2D eigenvalue weighted by Crippen LogP contribution is -2.03. The van der Waals surface area contributed by atoms with Crippen molar-refractivity contribution >= 4 is 53.6 Å². The third-order valence-corrected chi connectivity index (χ3v) is 4.60. The number of ether oxygens (including phenoxy) is 1. The summed E-state index contributed by atoms with van der Waals surface area (Å²) >= 11 is 10.3. The minimum absolute atomic E-state index is 0.0304. The Kier molecular flexibility index (Phi) is 6.02. The largest absolute Gasteiger partial charge is 0.492 e. The van der Waals surface area contributed by atoms with Crippen molar-refractivity contribution in [3.8, 4) is 5.75 Å². The molecule has 0 N–H and O–H groups in total. The van der Waals surface area contributed by atoms with Gasteiger partial charge in [-0.3, -0.25) is 4.79 Å². The van der Waals surface area contributed by atoms with E-state index in [0.717, 1.165) is 25.6 Å². The fourth-order valence-electron chi connectivity index (χ4n) is 1.80. The van der Waals surface area contributed by atoms with Crippen LogP contribution in [0.4, 0.5) is 0 Å². The summed E-state index contributed by atoms with van der Waals surface area (Å²) in [5.41, 5.74) is 1.25. The van der Waals surface area contributed by atoms with Crippen LogP contribution in [0.5, 0.6) is 5.75 Å². The van der Waals surface area contributed by atoms with Crippen molar-refractivity contribution in [3.05, 3.63) is 60.9 Å². The molecule has 0 radical (unpaired) electrons. The SMILES string of the molecule is CCCOc1ccc(C(=O)c2ccc(Br)cc2Br)cc1Br. The zero-order valence-corrected chi connectivity index (χ0v) is 16.1. The highest BCUT2D eigenvalue weighted by atomic mass is 79.9. The molecule has 5 heteroatoms. The van der Waals surface area contributed by atoms with Crippen molar-refractivity contribution in [3.63, 3.8) is 0 Å². The van der Waals surface area contributed by atoms with Gasteiger partial charge in [0, 0.05) is 20.1 Å². The molecule has 21 heavy (non-hydrogen) atoms. The van der Waals surface area contributed by atoms with Crippen LogP contribution in [0.2, 0.25) is 0 Å². The number of hydrogen-bond donors (Lipinski definition) is 0. The Labute approximate surface area is 149 Å². The maximum Gasteiger partial charge on any atom is 0.194 e. The summed E-state index contributed by atoms with van der Waals surface area (Å²) in [5.74, 6) is 0.723. The van der Waals surface area contributed by atoms with Crippen molar-refractivity contribution < 1.29 is 9.53 Å². The topological polar surface area (TPSA) is 26.3 Å². The fraction of sp³-hybridized carbons (Fsp3) is 0.188. The molecule has 0 aliphatic heterocycles. The average molecular weight is 477 g/mol. The predicted octanol–water partition coefficient (Wildman–Crippen LogP) is 5.99. The van der Waals surface area contributed by atoms with E-state index >= 15 is 0 Å². The summed E-state index contributed by atoms with van der Waals surface area (Å²) in [6.07, 6.45) is 0.943. The molecule has 0 saturated heterocycles. The quantitative estimate of drug-likeness (QED) is 0.495. The molecular formula is C16H13Br3O2. The van der Waals surface area contributed by atoms with Gasteiger partial charge in [0.25, 0.3) is 0 Å². The first-order valence-electron chi connectivity index (χ1n) is 6.45. The monoisotopic (exact) mass is 474 g/mol. The van der Waals surface area contributed by atoms with E-state index in [4.69, 9.17) is 4.74 Å². The van der Waals surface area contributed by atoms with Crippen LogP contribution in [0.1, 0.15) is 29.3 Å². The predicted molar refractivity (Wildman–Crippen MR) is 95.2 cm³/mol. The lowest BCUT2D eigenvalue weighted by molar-refractivity contribution is 0.103. The van der Waals surface area contributed by atoms with Gasteiger partial charge in [0.2, 0.25) is 0 Å². The van der Waals surface area contributed by atoms with Gasteiger partial charge in [0.05, 0.1) is 11.1 Å².